The predicted octanol–water partition coefficient (Wildman–Crippen LogP) is 3.78. The standard InChI is InChI=1S/C18H30N2O/c1-6-21-15-10-14(11-20-12-15)18(3,4)16-8-7-13(2)9-17(16)19-5/h10-13,16-17,19H,6-9H2,1-5H3. The van der Waals surface area contributed by atoms with Crippen LogP contribution >= 0.6 is 0 Å². The van der Waals surface area contributed by atoms with Gasteiger partial charge in [-0.3, -0.25) is 4.98 Å². The van der Waals surface area contributed by atoms with Crippen LogP contribution in [0.25, 0.3) is 0 Å². The highest BCUT2D eigenvalue weighted by Gasteiger charge is 2.39. The molecule has 0 amide bonds. The van der Waals surface area contributed by atoms with Crippen molar-refractivity contribution in [1.29, 1.82) is 0 Å². The molecule has 0 spiro atoms. The third kappa shape index (κ3) is 3.57. The molecule has 3 atom stereocenters. The molecular formula is C18H30N2O. The van der Waals surface area contributed by atoms with E-state index in [2.05, 4.69) is 44.2 Å². The summed E-state index contributed by atoms with van der Waals surface area (Å²) >= 11 is 0. The number of ether oxygens (including phenoxy) is 1. The summed E-state index contributed by atoms with van der Waals surface area (Å²) in [6.45, 7) is 9.77. The van der Waals surface area contributed by atoms with E-state index in [4.69, 9.17) is 4.74 Å². The Morgan fingerprint density at radius 3 is 2.76 bits per heavy atom. The Labute approximate surface area is 129 Å². The lowest BCUT2D eigenvalue weighted by molar-refractivity contribution is 0.151. The molecule has 0 saturated heterocycles. The molecule has 21 heavy (non-hydrogen) atoms. The zero-order chi connectivity index (χ0) is 15.5. The van der Waals surface area contributed by atoms with E-state index in [1.54, 1.807) is 0 Å². The lowest BCUT2D eigenvalue weighted by Crippen LogP contribution is -2.47. The van der Waals surface area contributed by atoms with Gasteiger partial charge in [-0.05, 0) is 55.7 Å². The molecule has 0 bridgehead atoms. The molecule has 1 aromatic heterocycles. The molecule has 1 aliphatic rings. The number of nitrogens with zero attached hydrogens (tertiary/aromatic N) is 1. The van der Waals surface area contributed by atoms with Crippen molar-refractivity contribution in [3.8, 4) is 5.75 Å². The van der Waals surface area contributed by atoms with Crippen LogP contribution in [0.5, 0.6) is 5.75 Å². The van der Waals surface area contributed by atoms with Crippen LogP contribution in [0.2, 0.25) is 0 Å². The van der Waals surface area contributed by atoms with Crippen molar-refractivity contribution in [3.63, 3.8) is 0 Å². The van der Waals surface area contributed by atoms with Gasteiger partial charge in [0, 0.05) is 12.2 Å². The van der Waals surface area contributed by atoms with Crippen LogP contribution in [0.1, 0.15) is 52.5 Å². The first-order valence-corrected chi connectivity index (χ1v) is 8.24. The monoisotopic (exact) mass is 290 g/mol. The van der Waals surface area contributed by atoms with Gasteiger partial charge in [-0.15, -0.1) is 0 Å². The number of aromatic nitrogens is 1. The molecule has 1 fully saturated rings. The van der Waals surface area contributed by atoms with E-state index in [0.29, 0.717) is 18.6 Å². The minimum atomic E-state index is 0.105. The van der Waals surface area contributed by atoms with E-state index >= 15 is 0 Å². The summed E-state index contributed by atoms with van der Waals surface area (Å²) in [5.41, 5.74) is 1.39. The number of nitrogens with one attached hydrogen (secondary N) is 1. The topological polar surface area (TPSA) is 34.1 Å². The first kappa shape index (κ1) is 16.3. The summed E-state index contributed by atoms with van der Waals surface area (Å²) in [7, 11) is 2.10. The van der Waals surface area contributed by atoms with E-state index in [9.17, 15) is 0 Å². The predicted molar refractivity (Wildman–Crippen MR) is 87.8 cm³/mol. The molecule has 1 N–H and O–H groups in total. The summed E-state index contributed by atoms with van der Waals surface area (Å²) in [5, 5.41) is 3.55. The lowest BCUT2D eigenvalue weighted by Gasteiger charge is -2.44. The van der Waals surface area contributed by atoms with Crippen molar-refractivity contribution in [2.45, 2.75) is 58.4 Å². The summed E-state index contributed by atoms with van der Waals surface area (Å²) < 4.78 is 5.62. The number of hydrogen-bond acceptors (Lipinski definition) is 3. The fraction of sp³-hybridized carbons (Fsp3) is 0.722. The van der Waals surface area contributed by atoms with E-state index in [1.165, 1.54) is 24.8 Å². The van der Waals surface area contributed by atoms with Crippen molar-refractivity contribution in [3.05, 3.63) is 24.0 Å². The summed E-state index contributed by atoms with van der Waals surface area (Å²) in [6, 6.07) is 2.75. The van der Waals surface area contributed by atoms with E-state index in [0.717, 1.165) is 11.7 Å². The Kier molecular flexibility index (Phi) is 5.26. The van der Waals surface area contributed by atoms with Crippen molar-refractivity contribution in [2.24, 2.45) is 11.8 Å². The second kappa shape index (κ2) is 6.78. The maximum absolute atomic E-state index is 5.62. The van der Waals surface area contributed by atoms with Crippen molar-refractivity contribution >= 4 is 0 Å². The van der Waals surface area contributed by atoms with Gasteiger partial charge in [0.1, 0.15) is 5.75 Å². The largest absolute Gasteiger partial charge is 0.492 e. The quantitative estimate of drug-likeness (QED) is 0.896. The molecule has 1 saturated carbocycles. The van der Waals surface area contributed by atoms with Crippen LogP contribution in [0.15, 0.2) is 18.5 Å². The average molecular weight is 290 g/mol. The van der Waals surface area contributed by atoms with Gasteiger partial charge in [0.25, 0.3) is 0 Å². The third-order valence-corrected chi connectivity index (χ3v) is 5.18. The lowest BCUT2D eigenvalue weighted by atomic mass is 9.64. The fourth-order valence-electron chi connectivity index (χ4n) is 3.79. The van der Waals surface area contributed by atoms with Crippen LogP contribution in [0, 0.1) is 11.8 Å². The summed E-state index contributed by atoms with van der Waals surface area (Å²) in [4.78, 5) is 4.38. The zero-order valence-corrected chi connectivity index (χ0v) is 14.1. The highest BCUT2D eigenvalue weighted by atomic mass is 16.5. The molecule has 2 rings (SSSR count). The van der Waals surface area contributed by atoms with Crippen LogP contribution in [-0.2, 0) is 5.41 Å². The van der Waals surface area contributed by atoms with Crippen molar-refractivity contribution < 1.29 is 4.74 Å². The number of hydrogen-bond donors (Lipinski definition) is 1. The Hall–Kier alpha value is -1.09. The fourth-order valence-corrected chi connectivity index (χ4v) is 3.79. The normalized spacial score (nSPS) is 26.6. The van der Waals surface area contributed by atoms with Gasteiger partial charge < -0.3 is 10.1 Å². The average Bonchev–Trinajstić information content (AvgIpc) is 2.47. The molecule has 1 heterocycles. The Balaban J connectivity index is 2.25. The highest BCUT2D eigenvalue weighted by Crippen LogP contribution is 2.42. The van der Waals surface area contributed by atoms with Crippen LogP contribution < -0.4 is 10.1 Å². The minimum absolute atomic E-state index is 0.105. The van der Waals surface area contributed by atoms with Crippen LogP contribution in [0.4, 0.5) is 0 Å². The molecule has 3 unspecified atom stereocenters. The van der Waals surface area contributed by atoms with E-state index < -0.39 is 0 Å². The maximum Gasteiger partial charge on any atom is 0.137 e. The molecular weight excluding hydrogens is 260 g/mol. The first-order valence-electron chi connectivity index (χ1n) is 8.24. The molecule has 0 aromatic carbocycles. The third-order valence-electron chi connectivity index (χ3n) is 5.18. The van der Waals surface area contributed by atoms with Crippen molar-refractivity contribution in [1.82, 2.24) is 10.3 Å². The molecule has 3 heteroatoms. The highest BCUT2D eigenvalue weighted by molar-refractivity contribution is 5.30. The second-order valence-electron chi connectivity index (χ2n) is 6.98. The van der Waals surface area contributed by atoms with Crippen LogP contribution in [-0.4, -0.2) is 24.7 Å². The molecule has 1 aromatic rings. The van der Waals surface area contributed by atoms with Gasteiger partial charge in [-0.2, -0.15) is 0 Å². The molecule has 0 radical (unpaired) electrons. The minimum Gasteiger partial charge on any atom is -0.492 e. The van der Waals surface area contributed by atoms with Gasteiger partial charge >= 0.3 is 0 Å². The second-order valence-corrected chi connectivity index (χ2v) is 6.98. The molecule has 118 valence electrons. The smallest absolute Gasteiger partial charge is 0.137 e. The van der Waals surface area contributed by atoms with Gasteiger partial charge in [0.2, 0.25) is 0 Å². The molecule has 0 aliphatic heterocycles. The Morgan fingerprint density at radius 1 is 1.33 bits per heavy atom. The Morgan fingerprint density at radius 2 is 2.10 bits per heavy atom. The van der Waals surface area contributed by atoms with E-state index in [1.807, 2.05) is 19.3 Å². The molecule has 1 aliphatic carbocycles. The van der Waals surface area contributed by atoms with Crippen LogP contribution in [0.3, 0.4) is 0 Å². The van der Waals surface area contributed by atoms with Gasteiger partial charge in [-0.25, -0.2) is 0 Å². The summed E-state index contributed by atoms with van der Waals surface area (Å²) in [6.07, 6.45) is 7.68. The van der Waals surface area contributed by atoms with Gasteiger partial charge in [0.15, 0.2) is 0 Å². The van der Waals surface area contributed by atoms with Gasteiger partial charge in [-0.1, -0.05) is 27.2 Å². The van der Waals surface area contributed by atoms with Gasteiger partial charge in [0.05, 0.1) is 12.8 Å². The first-order chi connectivity index (χ1) is 9.98. The molecule has 3 nitrogen and oxygen atoms in total. The van der Waals surface area contributed by atoms with Crippen molar-refractivity contribution in [2.75, 3.05) is 13.7 Å². The number of pyridine rings is 1. The van der Waals surface area contributed by atoms with E-state index in [-0.39, 0.29) is 5.41 Å². The Bertz CT molecular complexity index is 458. The summed E-state index contributed by atoms with van der Waals surface area (Å²) in [5.74, 6) is 2.34. The maximum atomic E-state index is 5.62. The number of rotatable bonds is 5. The SMILES string of the molecule is CCOc1cncc(C(C)(C)C2CCC(C)CC2NC)c1. The zero-order valence-electron chi connectivity index (χ0n) is 14.1.